The van der Waals surface area contributed by atoms with Crippen molar-refractivity contribution in [1.29, 1.82) is 0 Å². The Bertz CT molecular complexity index is 697. The first-order valence-electron chi connectivity index (χ1n) is 7.16. The predicted octanol–water partition coefficient (Wildman–Crippen LogP) is 3.74. The zero-order valence-corrected chi connectivity index (χ0v) is 13.8. The van der Waals surface area contributed by atoms with Crippen molar-refractivity contribution in [2.75, 3.05) is 7.11 Å². The van der Waals surface area contributed by atoms with Crippen molar-refractivity contribution in [3.63, 3.8) is 0 Å². The summed E-state index contributed by atoms with van der Waals surface area (Å²) in [5, 5.41) is 9.14. The molecule has 2 rings (SSSR count). The van der Waals surface area contributed by atoms with Crippen LogP contribution in [-0.2, 0) is 20.7 Å². The lowest BCUT2D eigenvalue weighted by Gasteiger charge is -2.14. The molecule has 0 aliphatic heterocycles. The molecule has 0 radical (unpaired) electrons. The first kappa shape index (κ1) is 17.1. The van der Waals surface area contributed by atoms with Gasteiger partial charge in [0.25, 0.3) is 0 Å². The van der Waals surface area contributed by atoms with Gasteiger partial charge in [-0.15, -0.1) is 0 Å². The molecular formula is C18H18O4S. The van der Waals surface area contributed by atoms with Crippen molar-refractivity contribution in [3.8, 4) is 0 Å². The molecule has 0 aliphatic rings. The van der Waals surface area contributed by atoms with Gasteiger partial charge in [0.1, 0.15) is 0 Å². The molecule has 23 heavy (non-hydrogen) atoms. The number of carbonyl (C=O) groups is 2. The van der Waals surface area contributed by atoms with Gasteiger partial charge >= 0.3 is 11.9 Å². The number of methoxy groups -OCH3 is 1. The monoisotopic (exact) mass is 330 g/mol. The molecular weight excluding hydrogens is 312 g/mol. The van der Waals surface area contributed by atoms with Crippen LogP contribution < -0.4 is 0 Å². The Morgan fingerprint density at radius 2 is 1.87 bits per heavy atom. The van der Waals surface area contributed by atoms with Crippen LogP contribution in [0.5, 0.6) is 0 Å². The molecule has 0 amide bonds. The molecule has 2 aromatic carbocycles. The highest BCUT2D eigenvalue weighted by Crippen LogP contribution is 2.32. The van der Waals surface area contributed by atoms with E-state index in [-0.39, 0.29) is 12.4 Å². The summed E-state index contributed by atoms with van der Waals surface area (Å²) in [6.45, 7) is 1.75. The number of hydrogen-bond acceptors (Lipinski definition) is 4. The van der Waals surface area contributed by atoms with Crippen LogP contribution in [0.4, 0.5) is 0 Å². The van der Waals surface area contributed by atoms with Crippen LogP contribution in [0, 0.1) is 0 Å². The first-order chi connectivity index (χ1) is 11.0. The molecule has 5 heteroatoms. The molecule has 0 heterocycles. The Morgan fingerprint density at radius 3 is 2.48 bits per heavy atom. The highest BCUT2D eigenvalue weighted by atomic mass is 32.2. The maximum absolute atomic E-state index is 11.7. The van der Waals surface area contributed by atoms with Crippen LogP contribution in [0.2, 0.25) is 0 Å². The minimum Gasteiger partial charge on any atom is -0.481 e. The van der Waals surface area contributed by atoms with Crippen molar-refractivity contribution in [3.05, 3.63) is 59.7 Å². The average Bonchev–Trinajstić information content (AvgIpc) is 2.55. The number of esters is 1. The van der Waals surface area contributed by atoms with Crippen LogP contribution in [0.3, 0.4) is 0 Å². The van der Waals surface area contributed by atoms with Gasteiger partial charge in [-0.1, -0.05) is 42.1 Å². The smallest absolute Gasteiger partial charge is 0.312 e. The first-order valence-corrected chi connectivity index (χ1v) is 7.98. The Kier molecular flexibility index (Phi) is 5.82. The van der Waals surface area contributed by atoms with Gasteiger partial charge in [-0.3, -0.25) is 9.59 Å². The Balaban J connectivity index is 2.34. The van der Waals surface area contributed by atoms with Crippen LogP contribution in [0.15, 0.2) is 58.3 Å². The van der Waals surface area contributed by atoms with Gasteiger partial charge in [-0.25, -0.2) is 0 Å². The zero-order chi connectivity index (χ0) is 16.8. The van der Waals surface area contributed by atoms with E-state index < -0.39 is 11.9 Å². The molecule has 0 saturated heterocycles. The fourth-order valence-electron chi connectivity index (χ4n) is 2.20. The van der Waals surface area contributed by atoms with Gasteiger partial charge < -0.3 is 9.84 Å². The van der Waals surface area contributed by atoms with Gasteiger partial charge in [0, 0.05) is 9.79 Å². The topological polar surface area (TPSA) is 63.6 Å². The van der Waals surface area contributed by atoms with E-state index in [1.165, 1.54) is 18.9 Å². The highest BCUT2D eigenvalue weighted by molar-refractivity contribution is 7.99. The van der Waals surface area contributed by atoms with E-state index >= 15 is 0 Å². The van der Waals surface area contributed by atoms with Crippen molar-refractivity contribution < 1.29 is 19.4 Å². The average molecular weight is 330 g/mol. The number of rotatable bonds is 6. The second kappa shape index (κ2) is 7.83. The summed E-state index contributed by atoms with van der Waals surface area (Å²) in [5.41, 5.74) is 1.45. The van der Waals surface area contributed by atoms with Crippen molar-refractivity contribution in [2.45, 2.75) is 29.1 Å². The number of carboxylic acids is 1. The Hall–Kier alpha value is -2.27. The number of hydrogen-bond donors (Lipinski definition) is 1. The number of ether oxygens (including phenoxy) is 1. The number of benzene rings is 2. The van der Waals surface area contributed by atoms with Crippen molar-refractivity contribution >= 4 is 23.7 Å². The molecule has 1 atom stereocenters. The summed E-state index contributed by atoms with van der Waals surface area (Å²) in [6.07, 6.45) is -0.0864. The molecule has 0 spiro atoms. The summed E-state index contributed by atoms with van der Waals surface area (Å²) in [7, 11) is 1.34. The van der Waals surface area contributed by atoms with E-state index in [1.807, 2.05) is 42.5 Å². The summed E-state index contributed by atoms with van der Waals surface area (Å²) in [6, 6.07) is 15.2. The van der Waals surface area contributed by atoms with Gasteiger partial charge in [-0.05, 0) is 36.2 Å². The fraction of sp³-hybridized carbons (Fsp3) is 0.222. The molecule has 0 aliphatic carbocycles. The van der Waals surface area contributed by atoms with E-state index in [0.29, 0.717) is 5.56 Å². The van der Waals surface area contributed by atoms with Crippen molar-refractivity contribution in [2.24, 2.45) is 0 Å². The number of carboxylic acid groups (broad SMARTS) is 1. The molecule has 2 aromatic rings. The normalized spacial score (nSPS) is 11.7. The summed E-state index contributed by atoms with van der Waals surface area (Å²) < 4.78 is 4.75. The largest absolute Gasteiger partial charge is 0.481 e. The molecule has 0 bridgehead atoms. The van der Waals surface area contributed by atoms with E-state index in [1.54, 1.807) is 13.0 Å². The quantitative estimate of drug-likeness (QED) is 0.818. The van der Waals surface area contributed by atoms with Gasteiger partial charge in [0.05, 0.1) is 19.4 Å². The van der Waals surface area contributed by atoms with Crippen LogP contribution in [0.1, 0.15) is 24.0 Å². The Labute approximate surface area is 139 Å². The molecule has 4 nitrogen and oxygen atoms in total. The van der Waals surface area contributed by atoms with E-state index in [9.17, 15) is 9.59 Å². The van der Waals surface area contributed by atoms with E-state index in [0.717, 1.165) is 15.4 Å². The van der Waals surface area contributed by atoms with Gasteiger partial charge in [0.2, 0.25) is 0 Å². The SMILES string of the molecule is COC(=O)C(C)c1ccc(Sc2ccccc2)c(CC(=O)O)c1. The fourth-order valence-corrected chi connectivity index (χ4v) is 3.14. The van der Waals surface area contributed by atoms with Crippen LogP contribution in [0.25, 0.3) is 0 Å². The molecule has 0 saturated carbocycles. The zero-order valence-electron chi connectivity index (χ0n) is 13.0. The van der Waals surface area contributed by atoms with E-state index in [4.69, 9.17) is 9.84 Å². The molecule has 0 fully saturated rings. The van der Waals surface area contributed by atoms with Crippen LogP contribution in [-0.4, -0.2) is 24.2 Å². The minimum absolute atomic E-state index is 0.0864. The predicted molar refractivity (Wildman–Crippen MR) is 88.8 cm³/mol. The highest BCUT2D eigenvalue weighted by Gasteiger charge is 2.18. The maximum atomic E-state index is 11.7. The number of aliphatic carboxylic acids is 1. The Morgan fingerprint density at radius 1 is 1.17 bits per heavy atom. The van der Waals surface area contributed by atoms with Gasteiger partial charge in [-0.2, -0.15) is 0 Å². The second-order valence-electron chi connectivity index (χ2n) is 5.10. The summed E-state index contributed by atoms with van der Waals surface area (Å²) in [4.78, 5) is 24.7. The van der Waals surface area contributed by atoms with E-state index in [2.05, 4.69) is 0 Å². The molecule has 120 valence electrons. The second-order valence-corrected chi connectivity index (χ2v) is 6.21. The third-order valence-corrected chi connectivity index (χ3v) is 4.58. The molecule has 1 unspecified atom stereocenters. The lowest BCUT2D eigenvalue weighted by atomic mass is 9.98. The van der Waals surface area contributed by atoms with Crippen molar-refractivity contribution in [1.82, 2.24) is 0 Å². The third-order valence-electron chi connectivity index (χ3n) is 3.45. The third kappa shape index (κ3) is 4.60. The van der Waals surface area contributed by atoms with Crippen LogP contribution >= 0.6 is 11.8 Å². The molecule has 1 N–H and O–H groups in total. The maximum Gasteiger partial charge on any atom is 0.312 e. The minimum atomic E-state index is -0.900. The lowest BCUT2D eigenvalue weighted by molar-refractivity contribution is -0.142. The number of carbonyl (C=O) groups excluding carboxylic acids is 1. The standard InChI is InChI=1S/C18H18O4S/c1-12(18(21)22-2)13-8-9-16(14(10-13)11-17(19)20)23-15-6-4-3-5-7-15/h3-10,12H,11H2,1-2H3,(H,19,20). The van der Waals surface area contributed by atoms with Gasteiger partial charge in [0.15, 0.2) is 0 Å². The lowest BCUT2D eigenvalue weighted by Crippen LogP contribution is -2.11. The molecule has 0 aromatic heterocycles. The summed E-state index contributed by atoms with van der Waals surface area (Å²) in [5.74, 6) is -1.67. The summed E-state index contributed by atoms with van der Waals surface area (Å²) >= 11 is 1.51.